The molecule has 0 bridgehead atoms. The van der Waals surface area contributed by atoms with Gasteiger partial charge in [-0.2, -0.15) is 0 Å². The van der Waals surface area contributed by atoms with Crippen LogP contribution in [-0.2, 0) is 5.60 Å². The Kier molecular flexibility index (Phi) is 3.31. The van der Waals surface area contributed by atoms with Crippen LogP contribution < -0.4 is 0 Å². The zero-order valence-electron chi connectivity index (χ0n) is 9.32. The fourth-order valence-electron chi connectivity index (χ4n) is 1.80. The lowest BCUT2D eigenvalue weighted by atomic mass is 9.88. The molecule has 0 aromatic heterocycles. The first-order valence-corrected chi connectivity index (χ1v) is 6.04. The molecule has 0 radical (unpaired) electrons. The van der Waals surface area contributed by atoms with Crippen LogP contribution in [-0.4, -0.2) is 5.11 Å². The molecular weight excluding hydrogens is 283 g/mol. The Morgan fingerprint density at radius 2 is 1.82 bits per heavy atom. The Hall–Kier alpha value is -1.19. The minimum atomic E-state index is -1.34. The first kappa shape index (κ1) is 12.3. The van der Waals surface area contributed by atoms with E-state index in [1.54, 1.807) is 37.3 Å². The molecule has 0 amide bonds. The zero-order chi connectivity index (χ0) is 12.5. The van der Waals surface area contributed by atoms with Gasteiger partial charge in [0, 0.05) is 10.0 Å². The van der Waals surface area contributed by atoms with Gasteiger partial charge in [-0.1, -0.05) is 46.3 Å². The molecule has 1 atom stereocenters. The smallest absolute Gasteiger partial charge is 0.129 e. The summed E-state index contributed by atoms with van der Waals surface area (Å²) >= 11 is 3.34. The summed E-state index contributed by atoms with van der Waals surface area (Å²) in [5.74, 6) is -0.405. The molecule has 1 nitrogen and oxygen atoms in total. The van der Waals surface area contributed by atoms with E-state index in [-0.39, 0.29) is 5.56 Å². The minimum absolute atomic E-state index is 0.276. The quantitative estimate of drug-likeness (QED) is 0.892. The highest BCUT2D eigenvalue weighted by atomic mass is 79.9. The van der Waals surface area contributed by atoms with Crippen molar-refractivity contribution in [1.29, 1.82) is 0 Å². The van der Waals surface area contributed by atoms with Crippen molar-refractivity contribution in [3.05, 3.63) is 69.9 Å². The Labute approximate surface area is 108 Å². The second kappa shape index (κ2) is 4.59. The van der Waals surface area contributed by atoms with E-state index in [0.717, 1.165) is 4.47 Å². The monoisotopic (exact) mass is 294 g/mol. The minimum Gasteiger partial charge on any atom is -0.381 e. The van der Waals surface area contributed by atoms with Crippen LogP contribution in [0, 0.1) is 5.82 Å². The van der Waals surface area contributed by atoms with Crippen molar-refractivity contribution in [3.63, 3.8) is 0 Å². The second-order valence-electron chi connectivity index (χ2n) is 4.06. The molecule has 3 heteroatoms. The van der Waals surface area contributed by atoms with Gasteiger partial charge in [-0.15, -0.1) is 0 Å². The average Bonchev–Trinajstić information content (AvgIpc) is 2.29. The molecule has 17 heavy (non-hydrogen) atoms. The van der Waals surface area contributed by atoms with Gasteiger partial charge in [0.05, 0.1) is 0 Å². The van der Waals surface area contributed by atoms with Gasteiger partial charge in [-0.25, -0.2) is 4.39 Å². The summed E-state index contributed by atoms with van der Waals surface area (Å²) in [6, 6.07) is 13.5. The first-order valence-electron chi connectivity index (χ1n) is 5.25. The number of rotatable bonds is 2. The third kappa shape index (κ3) is 2.40. The summed E-state index contributed by atoms with van der Waals surface area (Å²) in [5, 5.41) is 10.5. The molecule has 1 N–H and O–H groups in total. The zero-order valence-corrected chi connectivity index (χ0v) is 10.9. The molecule has 0 aliphatic carbocycles. The lowest BCUT2D eigenvalue weighted by molar-refractivity contribution is 0.0979. The summed E-state index contributed by atoms with van der Waals surface area (Å²) in [5.41, 5.74) is -0.412. The van der Waals surface area contributed by atoms with Gasteiger partial charge >= 0.3 is 0 Å². The predicted octanol–water partition coefficient (Wildman–Crippen LogP) is 3.84. The summed E-state index contributed by atoms with van der Waals surface area (Å²) in [6.07, 6.45) is 0. The Morgan fingerprint density at radius 3 is 2.47 bits per heavy atom. The van der Waals surface area contributed by atoms with Gasteiger partial charge in [-0.3, -0.25) is 0 Å². The van der Waals surface area contributed by atoms with Crippen molar-refractivity contribution in [1.82, 2.24) is 0 Å². The Balaban J connectivity index is 2.53. The van der Waals surface area contributed by atoms with Crippen LogP contribution in [0.15, 0.2) is 53.0 Å². The van der Waals surface area contributed by atoms with E-state index in [2.05, 4.69) is 15.9 Å². The predicted molar refractivity (Wildman–Crippen MR) is 69.2 cm³/mol. The highest BCUT2D eigenvalue weighted by Crippen LogP contribution is 2.31. The number of halogens is 2. The molecular formula is C14H12BrFO. The molecule has 0 heterocycles. The number of hydrogen-bond donors (Lipinski definition) is 1. The van der Waals surface area contributed by atoms with Crippen LogP contribution in [0.1, 0.15) is 18.1 Å². The van der Waals surface area contributed by atoms with Gasteiger partial charge in [0.2, 0.25) is 0 Å². The molecule has 2 rings (SSSR count). The second-order valence-corrected chi connectivity index (χ2v) is 4.98. The lowest BCUT2D eigenvalue weighted by Crippen LogP contribution is -2.24. The van der Waals surface area contributed by atoms with E-state index < -0.39 is 11.4 Å². The molecule has 0 saturated heterocycles. The Morgan fingerprint density at radius 1 is 1.12 bits per heavy atom. The third-order valence-corrected chi connectivity index (χ3v) is 3.28. The fraction of sp³-hybridized carbons (Fsp3) is 0.143. The van der Waals surface area contributed by atoms with Crippen LogP contribution in [0.5, 0.6) is 0 Å². The molecule has 0 saturated carbocycles. The van der Waals surface area contributed by atoms with E-state index in [1.807, 2.05) is 12.1 Å². The van der Waals surface area contributed by atoms with Crippen LogP contribution in [0.25, 0.3) is 0 Å². The highest BCUT2D eigenvalue weighted by Gasteiger charge is 2.28. The molecule has 0 aliphatic rings. The topological polar surface area (TPSA) is 20.2 Å². The maximum Gasteiger partial charge on any atom is 0.129 e. The molecule has 0 aliphatic heterocycles. The number of hydrogen-bond acceptors (Lipinski definition) is 1. The van der Waals surface area contributed by atoms with Crippen molar-refractivity contribution in [2.75, 3.05) is 0 Å². The molecule has 0 spiro atoms. The van der Waals surface area contributed by atoms with Crippen LogP contribution in [0.2, 0.25) is 0 Å². The maximum atomic E-state index is 13.7. The lowest BCUT2D eigenvalue weighted by Gasteiger charge is -2.25. The van der Waals surface area contributed by atoms with Crippen molar-refractivity contribution < 1.29 is 9.50 Å². The van der Waals surface area contributed by atoms with Gasteiger partial charge in [0.25, 0.3) is 0 Å². The van der Waals surface area contributed by atoms with Crippen molar-refractivity contribution in [2.45, 2.75) is 12.5 Å². The number of benzene rings is 2. The van der Waals surface area contributed by atoms with Crippen molar-refractivity contribution >= 4 is 15.9 Å². The van der Waals surface area contributed by atoms with E-state index in [0.29, 0.717) is 5.56 Å². The summed E-state index contributed by atoms with van der Waals surface area (Å²) in [6.45, 7) is 1.59. The van der Waals surface area contributed by atoms with E-state index in [1.165, 1.54) is 6.07 Å². The first-order chi connectivity index (χ1) is 8.01. The molecule has 2 aromatic carbocycles. The van der Waals surface area contributed by atoms with Gasteiger partial charge in [0.1, 0.15) is 11.4 Å². The standard InChI is InChI=1S/C14H12BrFO/c1-14(17,10-5-4-6-11(15)9-10)12-7-2-3-8-13(12)16/h2-9,17H,1H3. The summed E-state index contributed by atoms with van der Waals surface area (Å²) < 4.78 is 14.6. The molecule has 1 unspecified atom stereocenters. The van der Waals surface area contributed by atoms with Crippen molar-refractivity contribution in [2.24, 2.45) is 0 Å². The summed E-state index contributed by atoms with van der Waals surface area (Å²) in [7, 11) is 0. The van der Waals surface area contributed by atoms with Gasteiger partial charge in [-0.05, 0) is 30.7 Å². The Bertz CT molecular complexity index is 537. The van der Waals surface area contributed by atoms with Crippen molar-refractivity contribution in [3.8, 4) is 0 Å². The maximum absolute atomic E-state index is 13.7. The third-order valence-electron chi connectivity index (χ3n) is 2.79. The highest BCUT2D eigenvalue weighted by molar-refractivity contribution is 9.10. The fourth-order valence-corrected chi connectivity index (χ4v) is 2.20. The largest absolute Gasteiger partial charge is 0.381 e. The van der Waals surface area contributed by atoms with Crippen LogP contribution in [0.3, 0.4) is 0 Å². The van der Waals surface area contributed by atoms with Crippen LogP contribution in [0.4, 0.5) is 4.39 Å². The van der Waals surface area contributed by atoms with Crippen LogP contribution >= 0.6 is 15.9 Å². The average molecular weight is 295 g/mol. The molecule has 88 valence electrons. The summed E-state index contributed by atoms with van der Waals surface area (Å²) in [4.78, 5) is 0. The molecule has 0 fully saturated rings. The van der Waals surface area contributed by atoms with Gasteiger partial charge < -0.3 is 5.11 Å². The van der Waals surface area contributed by atoms with Gasteiger partial charge in [0.15, 0.2) is 0 Å². The van der Waals surface area contributed by atoms with E-state index in [9.17, 15) is 9.50 Å². The van der Waals surface area contributed by atoms with E-state index in [4.69, 9.17) is 0 Å². The normalized spacial score (nSPS) is 14.4. The number of aliphatic hydroxyl groups is 1. The molecule has 2 aromatic rings. The SMILES string of the molecule is CC(O)(c1cccc(Br)c1)c1ccccc1F. The van der Waals surface area contributed by atoms with E-state index >= 15 is 0 Å².